The molecule has 0 amide bonds. The minimum absolute atomic E-state index is 0.139. The summed E-state index contributed by atoms with van der Waals surface area (Å²) in [6.45, 7) is 6.53. The van der Waals surface area contributed by atoms with Crippen LogP contribution in [0.15, 0.2) is 42.5 Å². The van der Waals surface area contributed by atoms with Crippen molar-refractivity contribution in [3.63, 3.8) is 0 Å². The van der Waals surface area contributed by atoms with Crippen LogP contribution in [0.4, 0.5) is 0 Å². The summed E-state index contributed by atoms with van der Waals surface area (Å²) in [7, 11) is 0. The van der Waals surface area contributed by atoms with Gasteiger partial charge in [-0.3, -0.25) is 4.90 Å². The molecule has 1 aromatic carbocycles. The van der Waals surface area contributed by atoms with Gasteiger partial charge in [0.05, 0.1) is 18.2 Å². The summed E-state index contributed by atoms with van der Waals surface area (Å²) in [6.07, 6.45) is 8.76. The van der Waals surface area contributed by atoms with Crippen molar-refractivity contribution in [3.8, 4) is 0 Å². The summed E-state index contributed by atoms with van der Waals surface area (Å²) in [4.78, 5) is 15.5. The zero-order valence-electron chi connectivity index (χ0n) is 15.4. The van der Waals surface area contributed by atoms with E-state index in [2.05, 4.69) is 58.9 Å². The van der Waals surface area contributed by atoms with Gasteiger partial charge < -0.3 is 9.30 Å². The van der Waals surface area contributed by atoms with Crippen molar-refractivity contribution in [1.82, 2.24) is 9.47 Å². The van der Waals surface area contributed by atoms with E-state index >= 15 is 0 Å². The van der Waals surface area contributed by atoms with E-state index in [1.165, 1.54) is 16.6 Å². The van der Waals surface area contributed by atoms with Gasteiger partial charge in [-0.25, -0.2) is 4.79 Å². The van der Waals surface area contributed by atoms with Crippen molar-refractivity contribution >= 4 is 22.6 Å². The highest BCUT2D eigenvalue weighted by molar-refractivity contribution is 6.13. The number of ether oxygens (including phenoxy) is 1. The number of carbonyl (C=O) groups is 1. The number of hydrogen-bond acceptors (Lipinski definition) is 3. The molecule has 4 heteroatoms. The standard InChI is InChI=1S/C22H24N2O2/c1-3-22-11-7-12-23-13-10-16-15-8-5-6-9-17(15)24(19(16)20(22)23)18(14-22)21(25)26-4-2/h5-9,11,14,20H,3-4,10,12-13H2,1-2H3/t20-,22-/m0/s1. The molecule has 0 saturated carbocycles. The minimum atomic E-state index is -0.224. The smallest absolute Gasteiger partial charge is 0.355 e. The fourth-order valence-corrected chi connectivity index (χ4v) is 5.20. The Morgan fingerprint density at radius 3 is 2.96 bits per heavy atom. The summed E-state index contributed by atoms with van der Waals surface area (Å²) >= 11 is 0. The first-order valence-electron chi connectivity index (χ1n) is 9.64. The molecule has 134 valence electrons. The molecule has 4 heterocycles. The van der Waals surface area contributed by atoms with Crippen molar-refractivity contribution in [1.29, 1.82) is 0 Å². The first-order chi connectivity index (χ1) is 12.7. The molecule has 2 aromatic rings. The Kier molecular flexibility index (Phi) is 3.41. The Morgan fingerprint density at radius 2 is 2.15 bits per heavy atom. The number of carbonyl (C=O) groups excluding carboxylic acids is 1. The molecule has 0 N–H and O–H groups in total. The van der Waals surface area contributed by atoms with Gasteiger partial charge in [0.25, 0.3) is 0 Å². The average molecular weight is 348 g/mol. The van der Waals surface area contributed by atoms with Gasteiger partial charge >= 0.3 is 5.97 Å². The van der Waals surface area contributed by atoms with Crippen LogP contribution in [0.2, 0.25) is 0 Å². The number of benzene rings is 1. The molecule has 0 unspecified atom stereocenters. The Bertz CT molecular complexity index is 968. The van der Waals surface area contributed by atoms with Gasteiger partial charge in [0.2, 0.25) is 0 Å². The number of esters is 1. The molecular weight excluding hydrogens is 324 g/mol. The van der Waals surface area contributed by atoms with Crippen molar-refractivity contribution in [2.45, 2.75) is 32.7 Å². The lowest BCUT2D eigenvalue weighted by Crippen LogP contribution is -2.49. The molecule has 0 radical (unpaired) electrons. The maximum absolute atomic E-state index is 12.9. The quantitative estimate of drug-likeness (QED) is 0.623. The molecule has 3 aliphatic rings. The maximum Gasteiger partial charge on any atom is 0.355 e. The fraction of sp³-hybridized carbons (Fsp3) is 0.409. The van der Waals surface area contributed by atoms with Gasteiger partial charge in [0.15, 0.2) is 0 Å². The summed E-state index contributed by atoms with van der Waals surface area (Å²) in [6, 6.07) is 8.77. The number of para-hydroxylation sites is 1. The number of hydrogen-bond donors (Lipinski definition) is 0. The second kappa shape index (κ2) is 5.58. The Hall–Kier alpha value is -2.33. The molecule has 3 aliphatic heterocycles. The normalized spacial score (nSPS) is 26.5. The lowest BCUT2D eigenvalue weighted by atomic mass is 9.69. The zero-order chi connectivity index (χ0) is 17.9. The second-order valence-electron chi connectivity index (χ2n) is 7.48. The van der Waals surface area contributed by atoms with Gasteiger partial charge in [-0.2, -0.15) is 0 Å². The highest BCUT2D eigenvalue weighted by atomic mass is 16.5. The van der Waals surface area contributed by atoms with Crippen LogP contribution in [0.3, 0.4) is 0 Å². The van der Waals surface area contributed by atoms with Crippen LogP contribution in [0.5, 0.6) is 0 Å². The van der Waals surface area contributed by atoms with E-state index in [0.29, 0.717) is 18.3 Å². The van der Waals surface area contributed by atoms with Crippen LogP contribution in [0, 0.1) is 5.41 Å². The van der Waals surface area contributed by atoms with E-state index in [1.807, 2.05) is 6.92 Å². The van der Waals surface area contributed by atoms with Gasteiger partial charge in [-0.15, -0.1) is 0 Å². The van der Waals surface area contributed by atoms with E-state index < -0.39 is 0 Å². The summed E-state index contributed by atoms with van der Waals surface area (Å²) in [5.41, 5.74) is 4.37. The highest BCUT2D eigenvalue weighted by Gasteiger charge is 2.49. The predicted octanol–water partition coefficient (Wildman–Crippen LogP) is 3.92. The molecular formula is C22H24N2O2. The van der Waals surface area contributed by atoms with Gasteiger partial charge in [-0.1, -0.05) is 37.3 Å². The lowest BCUT2D eigenvalue weighted by molar-refractivity contribution is -0.136. The largest absolute Gasteiger partial charge is 0.461 e. The third kappa shape index (κ3) is 1.91. The van der Waals surface area contributed by atoms with Crippen LogP contribution in [0.1, 0.15) is 37.6 Å². The number of rotatable bonds is 3. The molecule has 1 aromatic heterocycles. The van der Waals surface area contributed by atoms with E-state index in [-0.39, 0.29) is 11.4 Å². The van der Waals surface area contributed by atoms with Crippen LogP contribution in [-0.4, -0.2) is 35.1 Å². The molecule has 26 heavy (non-hydrogen) atoms. The van der Waals surface area contributed by atoms with Crippen molar-refractivity contribution < 1.29 is 9.53 Å². The minimum Gasteiger partial charge on any atom is -0.461 e. The molecule has 0 saturated heterocycles. The number of fused-ring (bicyclic) bond motifs is 3. The summed E-state index contributed by atoms with van der Waals surface area (Å²) in [5, 5.41) is 1.28. The summed E-state index contributed by atoms with van der Waals surface area (Å²) in [5.74, 6) is -0.224. The van der Waals surface area contributed by atoms with E-state index in [9.17, 15) is 4.79 Å². The molecule has 0 aliphatic carbocycles. The predicted molar refractivity (Wildman–Crippen MR) is 103 cm³/mol. The van der Waals surface area contributed by atoms with Crippen molar-refractivity contribution in [3.05, 3.63) is 53.8 Å². The highest BCUT2D eigenvalue weighted by Crippen LogP contribution is 2.55. The van der Waals surface area contributed by atoms with E-state index in [1.54, 1.807) is 0 Å². The third-order valence-electron chi connectivity index (χ3n) is 6.31. The number of aromatic nitrogens is 1. The molecule has 5 rings (SSSR count). The topological polar surface area (TPSA) is 34.5 Å². The van der Waals surface area contributed by atoms with Gasteiger partial charge in [0.1, 0.15) is 5.70 Å². The molecule has 0 spiro atoms. The van der Waals surface area contributed by atoms with Gasteiger partial charge in [-0.05, 0) is 37.5 Å². The van der Waals surface area contributed by atoms with E-state index in [4.69, 9.17) is 4.74 Å². The fourth-order valence-electron chi connectivity index (χ4n) is 5.20. The third-order valence-corrected chi connectivity index (χ3v) is 6.31. The Morgan fingerprint density at radius 1 is 1.31 bits per heavy atom. The van der Waals surface area contributed by atoms with Crippen LogP contribution >= 0.6 is 0 Å². The first-order valence-corrected chi connectivity index (χ1v) is 9.64. The number of nitrogens with zero attached hydrogens (tertiary/aromatic N) is 2. The molecule has 0 fully saturated rings. The van der Waals surface area contributed by atoms with E-state index in [0.717, 1.165) is 31.4 Å². The average Bonchev–Trinajstić information content (AvgIpc) is 3.02. The van der Waals surface area contributed by atoms with Crippen LogP contribution in [0.25, 0.3) is 16.6 Å². The zero-order valence-corrected chi connectivity index (χ0v) is 15.4. The molecule has 4 nitrogen and oxygen atoms in total. The van der Waals surface area contributed by atoms with Crippen molar-refractivity contribution in [2.75, 3.05) is 19.7 Å². The Balaban J connectivity index is 1.87. The van der Waals surface area contributed by atoms with Gasteiger partial charge in [0, 0.05) is 29.6 Å². The SMILES string of the molecule is CCOC(=O)C1=C[C@]2(CC)C=CCN3CCc4c(n1c1ccccc41)[C@H]32. The Labute approximate surface area is 153 Å². The molecule has 2 atom stereocenters. The maximum atomic E-state index is 12.9. The lowest BCUT2D eigenvalue weighted by Gasteiger charge is -2.50. The monoisotopic (exact) mass is 348 g/mol. The van der Waals surface area contributed by atoms with Crippen LogP contribution < -0.4 is 0 Å². The summed E-state index contributed by atoms with van der Waals surface area (Å²) < 4.78 is 7.63. The van der Waals surface area contributed by atoms with Crippen LogP contribution in [-0.2, 0) is 16.0 Å². The van der Waals surface area contributed by atoms with Crippen molar-refractivity contribution in [2.24, 2.45) is 5.41 Å². The first kappa shape index (κ1) is 15.9. The second-order valence-corrected chi connectivity index (χ2v) is 7.48. The molecule has 0 bridgehead atoms.